The van der Waals surface area contributed by atoms with Crippen molar-refractivity contribution in [3.05, 3.63) is 63.7 Å². The molecule has 0 radical (unpaired) electrons. The number of ether oxygens (including phenoxy) is 4. The van der Waals surface area contributed by atoms with Crippen molar-refractivity contribution in [1.82, 2.24) is 0 Å². The molecule has 14 nitrogen and oxygen atoms in total. The van der Waals surface area contributed by atoms with E-state index >= 15 is 0 Å². The Labute approximate surface area is 353 Å². The van der Waals surface area contributed by atoms with E-state index in [9.17, 15) is 39.6 Å². The molecule has 0 aromatic heterocycles. The smallest absolute Gasteiger partial charge is 0.404 e. The first-order valence-electron chi connectivity index (χ1n) is 21.6. The highest BCUT2D eigenvalue weighted by molar-refractivity contribution is 6.31. The average Bonchev–Trinajstić information content (AvgIpc) is 3.21. The van der Waals surface area contributed by atoms with Gasteiger partial charge in [0.05, 0.1) is 48.7 Å². The molecule has 1 heterocycles. The molecule has 0 unspecified atom stereocenters. The van der Waals surface area contributed by atoms with E-state index in [1.807, 2.05) is 0 Å². The van der Waals surface area contributed by atoms with Gasteiger partial charge in [0.15, 0.2) is 17.9 Å². The van der Waals surface area contributed by atoms with Crippen LogP contribution in [0.3, 0.4) is 0 Å². The molecule has 5 rings (SSSR count). The Balaban J connectivity index is 0.000000310. The monoisotopic (exact) mass is 838 g/mol. The van der Waals surface area contributed by atoms with Gasteiger partial charge < -0.3 is 50.8 Å². The molecular formula is C46H66N2O12. The number of aliphatic hydroxyl groups is 2. The third kappa shape index (κ3) is 12.2. The number of allylic oxidation sites excluding steroid dienone is 2. The predicted molar refractivity (Wildman–Crippen MR) is 225 cm³/mol. The Morgan fingerprint density at radius 1 is 0.900 bits per heavy atom. The van der Waals surface area contributed by atoms with Gasteiger partial charge in [0.2, 0.25) is 5.78 Å². The Bertz CT molecular complexity index is 1820. The number of hydrogen-bond acceptors (Lipinski definition) is 13. The van der Waals surface area contributed by atoms with Crippen LogP contribution in [0, 0.1) is 0 Å². The molecule has 1 amide bonds. The molecule has 60 heavy (non-hydrogen) atoms. The second-order valence-electron chi connectivity index (χ2n) is 16.2. The van der Waals surface area contributed by atoms with Gasteiger partial charge in [0, 0.05) is 42.0 Å². The van der Waals surface area contributed by atoms with Gasteiger partial charge in [-0.3, -0.25) is 14.4 Å². The van der Waals surface area contributed by atoms with Crippen LogP contribution in [-0.2, 0) is 25.4 Å². The number of Topliss-reactive ketones (excluding diaryl/α,β-unsaturated/α-hetero) is 1. The van der Waals surface area contributed by atoms with E-state index < -0.39 is 88.7 Å². The summed E-state index contributed by atoms with van der Waals surface area (Å²) < 4.78 is 21.8. The molecule has 2 aromatic rings. The van der Waals surface area contributed by atoms with Gasteiger partial charge in [-0.25, -0.2) is 4.79 Å². The first kappa shape index (κ1) is 48.3. The largest absolute Gasteiger partial charge is 0.507 e. The van der Waals surface area contributed by atoms with Crippen LogP contribution in [0.25, 0.3) is 0 Å². The van der Waals surface area contributed by atoms with E-state index in [1.165, 1.54) is 109 Å². The summed E-state index contributed by atoms with van der Waals surface area (Å²) >= 11 is 0. The minimum absolute atomic E-state index is 0.0147. The van der Waals surface area contributed by atoms with Crippen LogP contribution in [0.2, 0.25) is 0 Å². The number of fused-ring (bicyclic) bond motifs is 3. The van der Waals surface area contributed by atoms with Gasteiger partial charge in [0.1, 0.15) is 22.8 Å². The average molecular weight is 839 g/mol. The zero-order valence-corrected chi connectivity index (χ0v) is 35.7. The number of hydrogen-bond donors (Lipinski definition) is 6. The molecule has 1 fully saturated rings. The van der Waals surface area contributed by atoms with Gasteiger partial charge in [-0.1, -0.05) is 89.0 Å². The van der Waals surface area contributed by atoms with Gasteiger partial charge in [-0.15, -0.1) is 0 Å². The number of amides is 1. The fourth-order valence-corrected chi connectivity index (χ4v) is 8.18. The number of phenols is 2. The minimum Gasteiger partial charge on any atom is -0.507 e. The van der Waals surface area contributed by atoms with E-state index in [0.717, 1.165) is 12.8 Å². The fraction of sp³-hybridized carbons (Fsp3) is 0.609. The number of carbonyl (C=O) groups excluding carboxylic acids is 4. The van der Waals surface area contributed by atoms with Crippen molar-refractivity contribution in [3.63, 3.8) is 0 Å². The maximum atomic E-state index is 13.6. The topological polar surface area (TPSA) is 238 Å². The molecule has 3 aliphatic rings. The maximum absolute atomic E-state index is 13.6. The predicted octanol–water partition coefficient (Wildman–Crippen LogP) is 7.15. The normalized spacial score (nSPS) is 23.3. The third-order valence-electron chi connectivity index (χ3n) is 11.7. The van der Waals surface area contributed by atoms with Crippen LogP contribution in [0.1, 0.15) is 173 Å². The van der Waals surface area contributed by atoms with Crippen molar-refractivity contribution in [3.8, 4) is 17.2 Å². The second kappa shape index (κ2) is 23.0. The number of unbranched alkanes of at least 4 members (excludes halogenated alkanes) is 12. The number of carbonyl (C=O) groups is 4. The lowest BCUT2D eigenvalue weighted by molar-refractivity contribution is -0.247. The highest BCUT2D eigenvalue weighted by Gasteiger charge is 2.49. The van der Waals surface area contributed by atoms with Crippen molar-refractivity contribution in [2.45, 2.75) is 166 Å². The first-order chi connectivity index (χ1) is 28.7. The number of benzene rings is 2. The van der Waals surface area contributed by atoms with E-state index in [1.54, 1.807) is 6.92 Å². The molecule has 0 bridgehead atoms. The molecule has 0 spiro atoms. The van der Waals surface area contributed by atoms with Crippen molar-refractivity contribution in [2.75, 3.05) is 13.7 Å². The Hall–Kier alpha value is -4.34. The molecular weight excluding hydrogens is 773 g/mol. The van der Waals surface area contributed by atoms with Crippen molar-refractivity contribution in [2.24, 2.45) is 11.5 Å². The van der Waals surface area contributed by atoms with E-state index in [-0.39, 0.29) is 40.8 Å². The molecule has 1 saturated heterocycles. The van der Waals surface area contributed by atoms with Crippen molar-refractivity contribution in [1.29, 1.82) is 0 Å². The van der Waals surface area contributed by atoms with Crippen molar-refractivity contribution < 1.29 is 58.6 Å². The van der Waals surface area contributed by atoms with Crippen LogP contribution in [-0.4, -0.2) is 87.7 Å². The maximum Gasteiger partial charge on any atom is 0.404 e. The zero-order chi connectivity index (χ0) is 44.0. The Morgan fingerprint density at radius 3 is 2.08 bits per heavy atom. The molecule has 6 atom stereocenters. The van der Waals surface area contributed by atoms with Crippen LogP contribution < -0.4 is 16.2 Å². The zero-order valence-electron chi connectivity index (χ0n) is 35.7. The molecule has 0 saturated carbocycles. The highest BCUT2D eigenvalue weighted by atomic mass is 16.7. The minimum atomic E-state index is -2.00. The number of primary amides is 1. The molecule has 332 valence electrons. The molecule has 14 heteroatoms. The van der Waals surface area contributed by atoms with Crippen LogP contribution in [0.4, 0.5) is 4.79 Å². The van der Waals surface area contributed by atoms with Gasteiger partial charge in [0.25, 0.3) is 0 Å². The van der Waals surface area contributed by atoms with Crippen LogP contribution >= 0.6 is 0 Å². The Kier molecular flexibility index (Phi) is 18.6. The SMILES string of the molecule is CCCCCCCC/C=C\CCCCCCCCOC(N)=O.COc1cccc2c1C(=O)c1c(O)c3c(c(O)c1C2=O)C[C@@](O)(C(C)=O)C[C@@H]3O[C@H]1C[C@H](N)[C@H](O)[C@H](C)O1. The Morgan fingerprint density at radius 2 is 1.50 bits per heavy atom. The number of methoxy groups -OCH3 is 1. The third-order valence-corrected chi connectivity index (χ3v) is 11.7. The summed E-state index contributed by atoms with van der Waals surface area (Å²) in [6.45, 7) is 5.52. The van der Waals surface area contributed by atoms with Gasteiger partial charge in [-0.2, -0.15) is 0 Å². The highest BCUT2D eigenvalue weighted by Crippen LogP contribution is 2.52. The van der Waals surface area contributed by atoms with Crippen LogP contribution in [0.15, 0.2) is 30.4 Å². The lowest BCUT2D eigenvalue weighted by atomic mass is 9.72. The molecule has 2 aliphatic carbocycles. The second-order valence-corrected chi connectivity index (χ2v) is 16.2. The summed E-state index contributed by atoms with van der Waals surface area (Å²) in [7, 11) is 1.34. The number of ketones is 3. The van der Waals surface area contributed by atoms with E-state index in [4.69, 9.17) is 30.4 Å². The summed E-state index contributed by atoms with van der Waals surface area (Å²) in [5, 5.41) is 44.1. The van der Waals surface area contributed by atoms with Gasteiger partial charge in [-0.05, 0) is 52.0 Å². The number of aromatic hydroxyl groups is 2. The summed E-state index contributed by atoms with van der Waals surface area (Å²) in [5.74, 6) is -3.18. The van der Waals surface area contributed by atoms with Gasteiger partial charge >= 0.3 is 6.09 Å². The first-order valence-corrected chi connectivity index (χ1v) is 21.6. The van der Waals surface area contributed by atoms with E-state index in [2.05, 4.69) is 19.1 Å². The molecule has 2 aromatic carbocycles. The standard InChI is InChI=1S/C27H29NO10.C19H37NO2/c1-10-22(30)14(28)7-17(37-10)38-16-9-27(35,11(2)29)8-13-19(16)26(34)21-20(24(13)32)23(31)12-5-4-6-15(36-3)18(12)25(21)33;1-2-3-4-5-6-7-8-9-10-11-12-13-14-15-16-17-18-22-19(20)21/h4-6,10,14,16-17,22,30,32,34-35H,7-9,28H2,1-3H3;9-10H,2-8,11-18H2,1H3,(H2,20,21)/b;10-9-/t10-,14-,16-,17-,22+,27-;/m0./s1. The quantitative estimate of drug-likeness (QED) is 0.0377. The number of rotatable bonds is 20. The van der Waals surface area contributed by atoms with Crippen LogP contribution in [0.5, 0.6) is 17.2 Å². The summed E-state index contributed by atoms with van der Waals surface area (Å²) in [6.07, 6.45) is 17.5. The lowest BCUT2D eigenvalue weighted by Crippen LogP contribution is -2.52. The van der Waals surface area contributed by atoms with Crippen molar-refractivity contribution >= 4 is 23.4 Å². The molecule has 1 aliphatic heterocycles. The number of aliphatic hydroxyl groups excluding tert-OH is 1. The fourth-order valence-electron chi connectivity index (χ4n) is 8.18. The molecule has 8 N–H and O–H groups in total. The van der Waals surface area contributed by atoms with E-state index in [0.29, 0.717) is 6.61 Å². The number of phenolic OH excluding ortho intramolecular Hbond substituents is 2. The number of nitrogens with two attached hydrogens (primary N) is 2. The summed E-state index contributed by atoms with van der Waals surface area (Å²) in [4.78, 5) is 49.9. The summed E-state index contributed by atoms with van der Waals surface area (Å²) in [6, 6.07) is 3.75. The lowest BCUT2D eigenvalue weighted by Gasteiger charge is -2.42. The summed E-state index contributed by atoms with van der Waals surface area (Å²) in [5.41, 5.74) is 7.86.